The first-order valence-electron chi connectivity index (χ1n) is 8.04. The number of aromatic nitrogens is 1. The maximum absolute atomic E-state index is 12.2. The highest BCUT2D eigenvalue weighted by molar-refractivity contribution is 5.85. The summed E-state index contributed by atoms with van der Waals surface area (Å²) in [7, 11) is 0. The lowest BCUT2D eigenvalue weighted by Crippen LogP contribution is -2.36. The summed E-state index contributed by atoms with van der Waals surface area (Å²) in [5.41, 5.74) is 2.70. The quantitative estimate of drug-likeness (QED) is 0.833. The molecule has 0 spiro atoms. The van der Waals surface area contributed by atoms with Crippen LogP contribution in [0.2, 0.25) is 0 Å². The number of fused-ring (bicyclic) bond motifs is 1. The van der Waals surface area contributed by atoms with E-state index in [-0.39, 0.29) is 17.2 Å². The van der Waals surface area contributed by atoms with Gasteiger partial charge in [0.2, 0.25) is 5.91 Å². The summed E-state index contributed by atoms with van der Waals surface area (Å²) in [5, 5.41) is 4.49. The first-order valence-corrected chi connectivity index (χ1v) is 8.04. The minimum absolute atomic E-state index is 0.154. The third kappa shape index (κ3) is 2.57. The molecular formula is C18H24N2O. The first kappa shape index (κ1) is 14.2. The fourth-order valence-corrected chi connectivity index (χ4v) is 3.26. The number of hydrogen-bond acceptors (Lipinski definition) is 1. The maximum Gasteiger partial charge on any atom is 0.223 e. The molecule has 112 valence electrons. The summed E-state index contributed by atoms with van der Waals surface area (Å²) in [4.78, 5) is 15.5. The zero-order valence-electron chi connectivity index (χ0n) is 12.9. The second-order valence-corrected chi connectivity index (χ2v) is 6.26. The Kier molecular flexibility index (Phi) is 3.75. The summed E-state index contributed by atoms with van der Waals surface area (Å²) >= 11 is 0. The molecule has 0 atom stereocenters. The van der Waals surface area contributed by atoms with Crippen molar-refractivity contribution in [2.75, 3.05) is 6.54 Å². The van der Waals surface area contributed by atoms with Gasteiger partial charge in [-0.15, -0.1) is 0 Å². The number of rotatable bonds is 6. The Morgan fingerprint density at radius 2 is 2.00 bits per heavy atom. The standard InChI is InChI=1S/C18H24N2O/c1-3-13(4-2)17(21)20-12-18(9-10-18)15-11-19-16-8-6-5-7-14(15)16/h5-8,11,13,19H,3-4,9-10,12H2,1-2H3,(H,20,21). The van der Waals surface area contributed by atoms with Gasteiger partial charge in [0.25, 0.3) is 0 Å². The van der Waals surface area contributed by atoms with Crippen LogP contribution in [-0.2, 0) is 10.2 Å². The van der Waals surface area contributed by atoms with Gasteiger partial charge in [-0.2, -0.15) is 0 Å². The molecule has 0 saturated heterocycles. The molecule has 1 saturated carbocycles. The van der Waals surface area contributed by atoms with Gasteiger partial charge in [-0.3, -0.25) is 4.79 Å². The Bertz CT molecular complexity index is 635. The van der Waals surface area contributed by atoms with Crippen molar-refractivity contribution >= 4 is 16.8 Å². The minimum Gasteiger partial charge on any atom is -0.361 e. The molecule has 1 aliphatic rings. The predicted molar refractivity (Wildman–Crippen MR) is 86.3 cm³/mol. The van der Waals surface area contributed by atoms with Crippen molar-refractivity contribution in [3.8, 4) is 0 Å². The van der Waals surface area contributed by atoms with E-state index < -0.39 is 0 Å². The number of carbonyl (C=O) groups excluding carboxylic acids is 1. The first-order chi connectivity index (χ1) is 10.2. The number of benzene rings is 1. The average molecular weight is 284 g/mol. The van der Waals surface area contributed by atoms with E-state index in [4.69, 9.17) is 0 Å². The lowest BCUT2D eigenvalue weighted by Gasteiger charge is -2.18. The highest BCUT2D eigenvalue weighted by Crippen LogP contribution is 2.49. The third-order valence-corrected chi connectivity index (χ3v) is 4.97. The zero-order chi connectivity index (χ0) is 14.9. The molecule has 0 bridgehead atoms. The van der Waals surface area contributed by atoms with Crippen molar-refractivity contribution in [2.45, 2.75) is 44.9 Å². The second-order valence-electron chi connectivity index (χ2n) is 6.26. The number of H-pyrrole nitrogens is 1. The van der Waals surface area contributed by atoms with Crippen LogP contribution >= 0.6 is 0 Å². The smallest absolute Gasteiger partial charge is 0.223 e. The van der Waals surface area contributed by atoms with Gasteiger partial charge in [0, 0.05) is 35.0 Å². The van der Waals surface area contributed by atoms with Crippen LogP contribution in [0.3, 0.4) is 0 Å². The van der Waals surface area contributed by atoms with Gasteiger partial charge in [-0.1, -0.05) is 32.0 Å². The lowest BCUT2D eigenvalue weighted by molar-refractivity contribution is -0.125. The molecule has 1 aromatic heterocycles. The van der Waals surface area contributed by atoms with Gasteiger partial charge in [0.05, 0.1) is 0 Å². The monoisotopic (exact) mass is 284 g/mol. The van der Waals surface area contributed by atoms with Crippen LogP contribution in [0.1, 0.15) is 45.1 Å². The SMILES string of the molecule is CCC(CC)C(=O)NCC1(c2c[nH]c3ccccc23)CC1. The van der Waals surface area contributed by atoms with Gasteiger partial charge in [0.1, 0.15) is 0 Å². The highest BCUT2D eigenvalue weighted by atomic mass is 16.1. The highest BCUT2D eigenvalue weighted by Gasteiger charge is 2.45. The van der Waals surface area contributed by atoms with Crippen molar-refractivity contribution in [1.29, 1.82) is 0 Å². The fourth-order valence-electron chi connectivity index (χ4n) is 3.26. The number of nitrogens with one attached hydrogen (secondary N) is 2. The Labute approximate surface area is 126 Å². The number of para-hydroxylation sites is 1. The Balaban J connectivity index is 1.75. The molecule has 0 aliphatic heterocycles. The molecule has 2 N–H and O–H groups in total. The number of amides is 1. The van der Waals surface area contributed by atoms with E-state index in [1.54, 1.807) is 0 Å². The molecule has 1 aromatic carbocycles. The van der Waals surface area contributed by atoms with E-state index in [0.29, 0.717) is 0 Å². The van der Waals surface area contributed by atoms with Crippen LogP contribution in [-0.4, -0.2) is 17.4 Å². The molecule has 2 aromatic rings. The number of hydrogen-bond donors (Lipinski definition) is 2. The molecule has 1 aliphatic carbocycles. The summed E-state index contributed by atoms with van der Waals surface area (Å²) < 4.78 is 0. The molecule has 3 nitrogen and oxygen atoms in total. The van der Waals surface area contributed by atoms with Gasteiger partial charge < -0.3 is 10.3 Å². The van der Waals surface area contributed by atoms with Crippen molar-refractivity contribution in [2.24, 2.45) is 5.92 Å². The topological polar surface area (TPSA) is 44.9 Å². The van der Waals surface area contributed by atoms with Crippen LogP contribution in [0.25, 0.3) is 10.9 Å². The summed E-state index contributed by atoms with van der Waals surface area (Å²) in [6.07, 6.45) is 6.29. The molecule has 3 rings (SSSR count). The maximum atomic E-state index is 12.2. The molecule has 1 fully saturated rings. The molecule has 0 unspecified atom stereocenters. The van der Waals surface area contributed by atoms with Gasteiger partial charge in [-0.25, -0.2) is 0 Å². The van der Waals surface area contributed by atoms with Gasteiger partial charge in [-0.05, 0) is 37.3 Å². The molecule has 1 heterocycles. The van der Waals surface area contributed by atoms with E-state index in [1.807, 2.05) is 0 Å². The van der Waals surface area contributed by atoms with Crippen molar-refractivity contribution in [3.05, 3.63) is 36.0 Å². The van der Waals surface area contributed by atoms with Gasteiger partial charge >= 0.3 is 0 Å². The van der Waals surface area contributed by atoms with Gasteiger partial charge in [0.15, 0.2) is 0 Å². The average Bonchev–Trinajstić information content (AvgIpc) is 3.17. The molecular weight excluding hydrogens is 260 g/mol. The summed E-state index contributed by atoms with van der Waals surface area (Å²) in [5.74, 6) is 0.370. The zero-order valence-corrected chi connectivity index (χ0v) is 12.9. The van der Waals surface area contributed by atoms with E-state index >= 15 is 0 Å². The van der Waals surface area contributed by atoms with Crippen LogP contribution in [0.4, 0.5) is 0 Å². The van der Waals surface area contributed by atoms with E-state index in [0.717, 1.165) is 32.2 Å². The van der Waals surface area contributed by atoms with Crippen LogP contribution < -0.4 is 5.32 Å². The van der Waals surface area contributed by atoms with Crippen molar-refractivity contribution in [3.63, 3.8) is 0 Å². The van der Waals surface area contributed by atoms with E-state index in [1.165, 1.54) is 16.5 Å². The predicted octanol–water partition coefficient (Wildman–Crippen LogP) is 3.75. The summed E-state index contributed by atoms with van der Waals surface area (Å²) in [6.45, 7) is 4.94. The number of aromatic amines is 1. The van der Waals surface area contributed by atoms with Crippen molar-refractivity contribution < 1.29 is 4.79 Å². The minimum atomic E-state index is 0.154. The van der Waals surface area contributed by atoms with Crippen molar-refractivity contribution in [1.82, 2.24) is 10.3 Å². The molecule has 3 heteroatoms. The van der Waals surface area contributed by atoms with Crippen LogP contribution in [0, 0.1) is 5.92 Å². The second kappa shape index (κ2) is 5.55. The lowest BCUT2D eigenvalue weighted by atomic mass is 9.94. The molecule has 1 amide bonds. The third-order valence-electron chi connectivity index (χ3n) is 4.97. The molecule has 0 radical (unpaired) electrons. The Hall–Kier alpha value is -1.77. The fraction of sp³-hybridized carbons (Fsp3) is 0.500. The molecule has 21 heavy (non-hydrogen) atoms. The van der Waals surface area contributed by atoms with E-state index in [9.17, 15) is 4.79 Å². The normalized spacial score (nSPS) is 16.3. The Morgan fingerprint density at radius 1 is 1.29 bits per heavy atom. The Morgan fingerprint density at radius 3 is 2.67 bits per heavy atom. The number of carbonyl (C=O) groups is 1. The van der Waals surface area contributed by atoms with Crippen LogP contribution in [0.15, 0.2) is 30.5 Å². The largest absolute Gasteiger partial charge is 0.361 e. The summed E-state index contributed by atoms with van der Waals surface area (Å²) in [6, 6.07) is 8.41. The van der Waals surface area contributed by atoms with Crippen LogP contribution in [0.5, 0.6) is 0 Å². The van der Waals surface area contributed by atoms with E-state index in [2.05, 4.69) is 54.6 Å².